The van der Waals surface area contributed by atoms with Crippen molar-refractivity contribution in [2.75, 3.05) is 11.1 Å². The van der Waals surface area contributed by atoms with Gasteiger partial charge in [-0.1, -0.05) is 24.3 Å². The molecule has 2 aromatic rings. The van der Waals surface area contributed by atoms with Crippen LogP contribution >= 0.6 is 0 Å². The van der Waals surface area contributed by atoms with Crippen LogP contribution in [0.3, 0.4) is 0 Å². The second-order valence-electron chi connectivity index (χ2n) is 5.61. The largest absolute Gasteiger partial charge is 0.399 e. The number of hydrogen-bond acceptors (Lipinski definition) is 3. The molecule has 0 atom stereocenters. The van der Waals surface area contributed by atoms with Crippen molar-refractivity contribution in [3.05, 3.63) is 59.7 Å². The van der Waals surface area contributed by atoms with E-state index < -0.39 is 11.3 Å². The van der Waals surface area contributed by atoms with Gasteiger partial charge in [0.1, 0.15) is 0 Å². The summed E-state index contributed by atoms with van der Waals surface area (Å²) in [6, 6.07) is 13.8. The van der Waals surface area contributed by atoms with E-state index in [4.69, 9.17) is 11.5 Å². The van der Waals surface area contributed by atoms with Crippen LogP contribution in [0.15, 0.2) is 48.5 Å². The third-order valence-corrected chi connectivity index (χ3v) is 3.64. The van der Waals surface area contributed by atoms with Crippen molar-refractivity contribution in [3.8, 4) is 0 Å². The van der Waals surface area contributed by atoms with Gasteiger partial charge in [0.2, 0.25) is 5.91 Å². The molecule has 5 nitrogen and oxygen atoms in total. The summed E-state index contributed by atoms with van der Waals surface area (Å²) in [7, 11) is 0. The first-order chi connectivity index (χ1) is 10.3. The molecule has 0 fully saturated rings. The summed E-state index contributed by atoms with van der Waals surface area (Å²) in [5.74, 6) is -0.813. The lowest BCUT2D eigenvalue weighted by Gasteiger charge is -2.24. The minimum absolute atomic E-state index is 0.231. The van der Waals surface area contributed by atoms with Crippen LogP contribution in [0, 0.1) is 0 Å². The van der Waals surface area contributed by atoms with Gasteiger partial charge in [-0.25, -0.2) is 0 Å². The van der Waals surface area contributed by atoms with Crippen LogP contribution in [-0.2, 0) is 10.2 Å². The normalized spacial score (nSPS) is 11.0. The zero-order valence-corrected chi connectivity index (χ0v) is 12.6. The van der Waals surface area contributed by atoms with E-state index in [0.717, 1.165) is 5.56 Å². The van der Waals surface area contributed by atoms with Crippen molar-refractivity contribution in [2.45, 2.75) is 19.3 Å². The second-order valence-corrected chi connectivity index (χ2v) is 5.61. The zero-order valence-electron chi connectivity index (χ0n) is 12.6. The maximum absolute atomic E-state index is 12.6. The third kappa shape index (κ3) is 3.09. The van der Waals surface area contributed by atoms with Gasteiger partial charge in [-0.15, -0.1) is 0 Å². The Bertz CT molecular complexity index is 706. The predicted octanol–water partition coefficient (Wildman–Crippen LogP) is 2.28. The molecule has 0 aromatic heterocycles. The van der Waals surface area contributed by atoms with Crippen LogP contribution in [0.1, 0.15) is 29.8 Å². The number of para-hydroxylation sites is 1. The Kier molecular flexibility index (Phi) is 4.17. The summed E-state index contributed by atoms with van der Waals surface area (Å²) < 4.78 is 0. The lowest BCUT2D eigenvalue weighted by Crippen LogP contribution is -2.35. The molecule has 5 N–H and O–H groups in total. The molecule has 22 heavy (non-hydrogen) atoms. The molecule has 2 rings (SSSR count). The minimum Gasteiger partial charge on any atom is -0.399 e. The van der Waals surface area contributed by atoms with Crippen LogP contribution in [0.2, 0.25) is 0 Å². The first-order valence-electron chi connectivity index (χ1n) is 6.88. The molecule has 0 aliphatic heterocycles. The fourth-order valence-electron chi connectivity index (χ4n) is 2.12. The van der Waals surface area contributed by atoms with E-state index in [9.17, 15) is 9.59 Å². The zero-order chi connectivity index (χ0) is 16.3. The van der Waals surface area contributed by atoms with Gasteiger partial charge >= 0.3 is 0 Å². The molecule has 0 saturated carbocycles. The smallest absolute Gasteiger partial charge is 0.250 e. The molecule has 5 heteroatoms. The van der Waals surface area contributed by atoms with E-state index in [-0.39, 0.29) is 11.5 Å². The Morgan fingerprint density at radius 3 is 2.18 bits per heavy atom. The van der Waals surface area contributed by atoms with Gasteiger partial charge < -0.3 is 16.8 Å². The lowest BCUT2D eigenvalue weighted by atomic mass is 9.83. The quantitative estimate of drug-likeness (QED) is 0.755. The first kappa shape index (κ1) is 15.6. The summed E-state index contributed by atoms with van der Waals surface area (Å²) in [5, 5.41) is 2.77. The Labute approximate surface area is 129 Å². The van der Waals surface area contributed by atoms with Crippen LogP contribution in [0.25, 0.3) is 0 Å². The molecule has 0 aliphatic rings. The Morgan fingerprint density at radius 1 is 1.00 bits per heavy atom. The lowest BCUT2D eigenvalue weighted by molar-refractivity contribution is -0.120. The summed E-state index contributed by atoms with van der Waals surface area (Å²) in [5.41, 5.74) is 12.4. The fourth-order valence-corrected chi connectivity index (χ4v) is 2.12. The predicted molar refractivity (Wildman–Crippen MR) is 87.5 cm³/mol. The number of carbonyl (C=O) groups is 2. The average Bonchev–Trinajstić information content (AvgIpc) is 2.48. The molecular weight excluding hydrogens is 278 g/mol. The van der Waals surface area contributed by atoms with Crippen molar-refractivity contribution < 1.29 is 9.59 Å². The molecule has 0 bridgehead atoms. The number of amides is 2. The van der Waals surface area contributed by atoms with Crippen molar-refractivity contribution in [1.82, 2.24) is 0 Å². The van der Waals surface area contributed by atoms with E-state index in [2.05, 4.69) is 5.32 Å². The van der Waals surface area contributed by atoms with E-state index in [0.29, 0.717) is 11.4 Å². The molecule has 0 saturated heterocycles. The number of benzene rings is 2. The number of anilines is 2. The highest BCUT2D eigenvalue weighted by Crippen LogP contribution is 2.26. The van der Waals surface area contributed by atoms with Gasteiger partial charge in [-0.05, 0) is 43.7 Å². The van der Waals surface area contributed by atoms with Gasteiger partial charge in [-0.2, -0.15) is 0 Å². The van der Waals surface area contributed by atoms with Gasteiger partial charge in [-0.3, -0.25) is 9.59 Å². The van der Waals surface area contributed by atoms with E-state index in [1.807, 2.05) is 12.1 Å². The summed E-state index contributed by atoms with van der Waals surface area (Å²) in [4.78, 5) is 24.0. The first-order valence-corrected chi connectivity index (χ1v) is 6.88. The van der Waals surface area contributed by atoms with Crippen LogP contribution in [0.5, 0.6) is 0 Å². The molecule has 114 valence electrons. The van der Waals surface area contributed by atoms with E-state index in [1.165, 1.54) is 0 Å². The number of carbonyl (C=O) groups excluding carboxylic acids is 2. The third-order valence-electron chi connectivity index (χ3n) is 3.64. The molecule has 2 aromatic carbocycles. The monoisotopic (exact) mass is 297 g/mol. The number of primary amides is 1. The SMILES string of the molecule is CC(C)(C(=O)Nc1ccccc1C(N)=O)c1ccc(N)cc1. The van der Waals surface area contributed by atoms with Crippen molar-refractivity contribution in [2.24, 2.45) is 5.73 Å². The highest BCUT2D eigenvalue weighted by atomic mass is 16.2. The Balaban J connectivity index is 2.28. The molecular formula is C17H19N3O2. The number of rotatable bonds is 4. The fraction of sp³-hybridized carbons (Fsp3) is 0.176. The van der Waals surface area contributed by atoms with Gasteiger partial charge in [0.05, 0.1) is 16.7 Å². The van der Waals surface area contributed by atoms with Crippen molar-refractivity contribution in [3.63, 3.8) is 0 Å². The van der Waals surface area contributed by atoms with Gasteiger partial charge in [0, 0.05) is 5.69 Å². The van der Waals surface area contributed by atoms with Gasteiger partial charge in [0.15, 0.2) is 0 Å². The maximum atomic E-state index is 12.6. The van der Waals surface area contributed by atoms with Crippen LogP contribution in [-0.4, -0.2) is 11.8 Å². The standard InChI is InChI=1S/C17H19N3O2/c1-17(2,11-7-9-12(18)10-8-11)16(22)20-14-6-4-3-5-13(14)15(19)21/h3-10H,18H2,1-2H3,(H2,19,21)(H,20,22). The molecule has 2 amide bonds. The minimum atomic E-state index is -0.779. The highest BCUT2D eigenvalue weighted by Gasteiger charge is 2.30. The summed E-state index contributed by atoms with van der Waals surface area (Å²) >= 11 is 0. The number of hydrogen-bond donors (Lipinski definition) is 3. The van der Waals surface area contributed by atoms with E-state index in [1.54, 1.807) is 50.2 Å². The van der Waals surface area contributed by atoms with Crippen molar-refractivity contribution >= 4 is 23.2 Å². The Hall–Kier alpha value is -2.82. The molecule has 0 spiro atoms. The number of nitrogen functional groups attached to an aromatic ring is 1. The molecule has 0 heterocycles. The molecule has 0 unspecified atom stereocenters. The van der Waals surface area contributed by atoms with Crippen LogP contribution in [0.4, 0.5) is 11.4 Å². The Morgan fingerprint density at radius 2 is 1.59 bits per heavy atom. The second kappa shape index (κ2) is 5.89. The topological polar surface area (TPSA) is 98.2 Å². The summed E-state index contributed by atoms with van der Waals surface area (Å²) in [6.07, 6.45) is 0. The van der Waals surface area contributed by atoms with Gasteiger partial charge in [0.25, 0.3) is 5.91 Å². The van der Waals surface area contributed by atoms with E-state index >= 15 is 0 Å². The summed E-state index contributed by atoms with van der Waals surface area (Å²) in [6.45, 7) is 3.61. The molecule has 0 aliphatic carbocycles. The highest BCUT2D eigenvalue weighted by molar-refractivity contribution is 6.05. The number of nitrogens with two attached hydrogens (primary N) is 2. The molecule has 0 radical (unpaired) electrons. The van der Waals surface area contributed by atoms with Crippen LogP contribution < -0.4 is 16.8 Å². The maximum Gasteiger partial charge on any atom is 0.250 e. The van der Waals surface area contributed by atoms with Crippen molar-refractivity contribution in [1.29, 1.82) is 0 Å². The number of nitrogens with one attached hydrogen (secondary N) is 1. The average molecular weight is 297 g/mol.